The van der Waals surface area contributed by atoms with Crippen molar-refractivity contribution in [3.05, 3.63) is 53.3 Å². The van der Waals surface area contributed by atoms with Crippen molar-refractivity contribution in [2.75, 3.05) is 7.11 Å². The van der Waals surface area contributed by atoms with Crippen LogP contribution in [0.2, 0.25) is 5.02 Å². The number of ether oxygens (including phenoxy) is 1. The van der Waals surface area contributed by atoms with Crippen LogP contribution in [0.1, 0.15) is 0 Å². The maximum Gasteiger partial charge on any atom is 0.137 e. The lowest BCUT2D eigenvalue weighted by Gasteiger charge is -2.06. The molecule has 2 rings (SSSR count). The van der Waals surface area contributed by atoms with Crippen molar-refractivity contribution < 1.29 is 9.13 Å². The minimum atomic E-state index is -0.260. The van der Waals surface area contributed by atoms with Gasteiger partial charge in [-0.15, -0.1) is 0 Å². The molecule has 0 bridgehead atoms. The summed E-state index contributed by atoms with van der Waals surface area (Å²) in [6, 6.07) is 11.8. The van der Waals surface area contributed by atoms with E-state index in [9.17, 15) is 4.39 Å². The van der Waals surface area contributed by atoms with Crippen molar-refractivity contribution in [1.29, 1.82) is 0 Å². The molecule has 16 heavy (non-hydrogen) atoms. The smallest absolute Gasteiger partial charge is 0.137 e. The maximum absolute atomic E-state index is 13.5. The van der Waals surface area contributed by atoms with Crippen LogP contribution in [0, 0.1) is 5.82 Å². The second kappa shape index (κ2) is 4.54. The second-order valence-electron chi connectivity index (χ2n) is 3.33. The summed E-state index contributed by atoms with van der Waals surface area (Å²) in [6.45, 7) is 0. The van der Waals surface area contributed by atoms with Gasteiger partial charge in [-0.2, -0.15) is 0 Å². The molecule has 0 unspecified atom stereocenters. The molecule has 0 heterocycles. The molecule has 0 fully saturated rings. The number of hydrogen-bond donors (Lipinski definition) is 0. The van der Waals surface area contributed by atoms with E-state index in [0.717, 1.165) is 5.56 Å². The van der Waals surface area contributed by atoms with Gasteiger partial charge in [0.15, 0.2) is 0 Å². The first-order chi connectivity index (χ1) is 7.72. The molecule has 0 aliphatic rings. The van der Waals surface area contributed by atoms with Gasteiger partial charge in [-0.25, -0.2) is 4.39 Å². The molecular weight excluding hydrogens is 227 g/mol. The predicted octanol–water partition coefficient (Wildman–Crippen LogP) is 4.15. The van der Waals surface area contributed by atoms with Crippen LogP contribution in [0.4, 0.5) is 4.39 Å². The molecule has 3 heteroatoms. The van der Waals surface area contributed by atoms with E-state index >= 15 is 0 Å². The van der Waals surface area contributed by atoms with Gasteiger partial charge in [0.05, 0.1) is 12.1 Å². The molecule has 0 atom stereocenters. The van der Waals surface area contributed by atoms with Crippen LogP contribution in [-0.4, -0.2) is 7.11 Å². The van der Waals surface area contributed by atoms with E-state index in [1.165, 1.54) is 6.07 Å². The number of halogens is 2. The molecule has 0 radical (unpaired) electrons. The van der Waals surface area contributed by atoms with E-state index in [1.807, 2.05) is 0 Å². The first-order valence-electron chi connectivity index (χ1n) is 4.81. The highest BCUT2D eigenvalue weighted by Crippen LogP contribution is 2.31. The van der Waals surface area contributed by atoms with Crippen LogP contribution in [0.5, 0.6) is 5.75 Å². The number of methoxy groups -OCH3 is 1. The van der Waals surface area contributed by atoms with Gasteiger partial charge >= 0.3 is 0 Å². The fourth-order valence-electron chi connectivity index (χ4n) is 1.53. The third-order valence-corrected chi connectivity index (χ3v) is 2.63. The fraction of sp³-hybridized carbons (Fsp3) is 0.0769. The van der Waals surface area contributed by atoms with E-state index in [2.05, 4.69) is 0 Å². The molecule has 0 aromatic heterocycles. The van der Waals surface area contributed by atoms with E-state index in [4.69, 9.17) is 16.3 Å². The highest BCUT2D eigenvalue weighted by atomic mass is 35.5. The van der Waals surface area contributed by atoms with Crippen LogP contribution >= 0.6 is 11.6 Å². The zero-order valence-corrected chi connectivity index (χ0v) is 9.46. The van der Waals surface area contributed by atoms with E-state index in [-0.39, 0.29) is 5.82 Å². The number of rotatable bonds is 2. The molecule has 2 aromatic rings. The van der Waals surface area contributed by atoms with Crippen LogP contribution < -0.4 is 4.74 Å². The molecule has 0 saturated heterocycles. The highest BCUT2D eigenvalue weighted by molar-refractivity contribution is 6.32. The molecule has 0 amide bonds. The zero-order valence-electron chi connectivity index (χ0n) is 8.71. The first-order valence-corrected chi connectivity index (χ1v) is 5.18. The Labute approximate surface area is 98.4 Å². The van der Waals surface area contributed by atoms with Crippen molar-refractivity contribution in [3.63, 3.8) is 0 Å². The third kappa shape index (κ3) is 2.02. The SMILES string of the molecule is COc1ccc(-c2ccccc2F)cc1Cl. The second-order valence-corrected chi connectivity index (χ2v) is 3.74. The summed E-state index contributed by atoms with van der Waals surface area (Å²) in [5.41, 5.74) is 1.27. The standard InChI is InChI=1S/C13H10ClFO/c1-16-13-7-6-9(8-11(13)14)10-4-2-3-5-12(10)15/h2-8H,1H3. The molecule has 1 nitrogen and oxygen atoms in total. The van der Waals surface area contributed by atoms with Crippen molar-refractivity contribution in [2.24, 2.45) is 0 Å². The third-order valence-electron chi connectivity index (χ3n) is 2.34. The van der Waals surface area contributed by atoms with Crippen LogP contribution in [0.3, 0.4) is 0 Å². The van der Waals surface area contributed by atoms with Gasteiger partial charge < -0.3 is 4.74 Å². The summed E-state index contributed by atoms with van der Waals surface area (Å²) < 4.78 is 18.6. The van der Waals surface area contributed by atoms with Gasteiger partial charge in [-0.05, 0) is 23.8 Å². The summed E-state index contributed by atoms with van der Waals surface area (Å²) in [5, 5.41) is 0.475. The Kier molecular flexibility index (Phi) is 3.11. The lowest BCUT2D eigenvalue weighted by Crippen LogP contribution is -1.87. The summed E-state index contributed by atoms with van der Waals surface area (Å²) >= 11 is 5.98. The Morgan fingerprint density at radius 2 is 1.88 bits per heavy atom. The lowest BCUT2D eigenvalue weighted by atomic mass is 10.1. The van der Waals surface area contributed by atoms with Gasteiger partial charge in [-0.1, -0.05) is 35.9 Å². The largest absolute Gasteiger partial charge is 0.495 e. The molecule has 0 saturated carbocycles. The topological polar surface area (TPSA) is 9.23 Å². The molecule has 82 valence electrons. The molecule has 0 aliphatic heterocycles. The van der Waals surface area contributed by atoms with Gasteiger partial charge in [0.25, 0.3) is 0 Å². The maximum atomic E-state index is 13.5. The molecule has 0 aliphatic carbocycles. The van der Waals surface area contributed by atoms with Crippen molar-refractivity contribution in [2.45, 2.75) is 0 Å². The average molecular weight is 237 g/mol. The summed E-state index contributed by atoms with van der Waals surface area (Å²) in [7, 11) is 1.55. The summed E-state index contributed by atoms with van der Waals surface area (Å²) in [4.78, 5) is 0. The van der Waals surface area contributed by atoms with Crippen LogP contribution in [0.25, 0.3) is 11.1 Å². The minimum absolute atomic E-state index is 0.260. The average Bonchev–Trinajstić information content (AvgIpc) is 2.29. The Morgan fingerprint density at radius 1 is 1.12 bits per heavy atom. The lowest BCUT2D eigenvalue weighted by molar-refractivity contribution is 0.415. The van der Waals surface area contributed by atoms with E-state index < -0.39 is 0 Å². The van der Waals surface area contributed by atoms with Crippen molar-refractivity contribution >= 4 is 11.6 Å². The number of hydrogen-bond acceptors (Lipinski definition) is 1. The Morgan fingerprint density at radius 3 is 2.50 bits per heavy atom. The zero-order chi connectivity index (χ0) is 11.5. The first kappa shape index (κ1) is 11.0. The Balaban J connectivity index is 2.50. The van der Waals surface area contributed by atoms with E-state index in [0.29, 0.717) is 16.3 Å². The fourth-order valence-corrected chi connectivity index (χ4v) is 1.79. The van der Waals surface area contributed by atoms with Crippen molar-refractivity contribution in [1.82, 2.24) is 0 Å². The normalized spacial score (nSPS) is 10.2. The highest BCUT2D eigenvalue weighted by Gasteiger charge is 2.06. The van der Waals surface area contributed by atoms with Crippen LogP contribution in [0.15, 0.2) is 42.5 Å². The molecule has 2 aromatic carbocycles. The van der Waals surface area contributed by atoms with Gasteiger partial charge in [-0.3, -0.25) is 0 Å². The molecule has 0 spiro atoms. The molecule has 0 N–H and O–H groups in total. The van der Waals surface area contributed by atoms with Gasteiger partial charge in [0.1, 0.15) is 11.6 Å². The van der Waals surface area contributed by atoms with Gasteiger partial charge in [0, 0.05) is 5.56 Å². The predicted molar refractivity (Wildman–Crippen MR) is 63.4 cm³/mol. The number of benzene rings is 2. The quantitative estimate of drug-likeness (QED) is 0.761. The summed E-state index contributed by atoms with van der Waals surface area (Å²) in [5.74, 6) is 0.325. The van der Waals surface area contributed by atoms with Gasteiger partial charge in [0.2, 0.25) is 0 Å². The van der Waals surface area contributed by atoms with Crippen molar-refractivity contribution in [3.8, 4) is 16.9 Å². The summed E-state index contributed by atoms with van der Waals surface area (Å²) in [6.07, 6.45) is 0. The molecular formula is C13H10ClFO. The minimum Gasteiger partial charge on any atom is -0.495 e. The van der Waals surface area contributed by atoms with Crippen LogP contribution in [-0.2, 0) is 0 Å². The van der Waals surface area contributed by atoms with E-state index in [1.54, 1.807) is 43.5 Å². The Hall–Kier alpha value is -1.54. The monoisotopic (exact) mass is 236 g/mol. The Bertz CT molecular complexity index is 511.